The Balaban J connectivity index is 1.74. The number of carbonyl (C=O) groups is 2. The van der Waals surface area contributed by atoms with Gasteiger partial charge in [-0.2, -0.15) is 0 Å². The molecule has 0 saturated heterocycles. The van der Waals surface area contributed by atoms with Crippen LogP contribution in [0.3, 0.4) is 0 Å². The monoisotopic (exact) mass is 444 g/mol. The molecule has 31 heavy (non-hydrogen) atoms. The molecule has 2 heterocycles. The van der Waals surface area contributed by atoms with Gasteiger partial charge in [-0.05, 0) is 60.7 Å². The highest BCUT2D eigenvalue weighted by Crippen LogP contribution is 2.25. The maximum absolute atomic E-state index is 13.0. The number of nitrogens with zero attached hydrogens (tertiary/aromatic N) is 2. The Morgan fingerprint density at radius 3 is 2.55 bits per heavy atom. The van der Waals surface area contributed by atoms with E-state index in [2.05, 4.69) is 15.0 Å². The molecule has 0 spiro atoms. The van der Waals surface area contributed by atoms with Crippen LogP contribution < -0.4 is 10.0 Å². The minimum absolute atomic E-state index is 0.0919. The lowest BCUT2D eigenvalue weighted by Crippen LogP contribution is -2.37. The number of anilines is 1. The number of amides is 2. The van der Waals surface area contributed by atoms with Crippen molar-refractivity contribution >= 4 is 27.5 Å². The second-order valence-corrected chi connectivity index (χ2v) is 9.63. The third kappa shape index (κ3) is 5.68. The summed E-state index contributed by atoms with van der Waals surface area (Å²) in [6.07, 6.45) is 2.97. The molecular formula is C22H28N4O4S. The van der Waals surface area contributed by atoms with Crippen molar-refractivity contribution in [3.63, 3.8) is 0 Å². The fourth-order valence-corrected chi connectivity index (χ4v) is 4.78. The number of benzene rings is 1. The Labute approximate surface area is 183 Å². The van der Waals surface area contributed by atoms with Gasteiger partial charge in [-0.3, -0.25) is 14.6 Å². The summed E-state index contributed by atoms with van der Waals surface area (Å²) in [6.45, 7) is 6.31. The first kappa shape index (κ1) is 22.9. The quantitative estimate of drug-likeness (QED) is 0.682. The second kappa shape index (κ2) is 9.57. The number of sulfonamides is 1. The summed E-state index contributed by atoms with van der Waals surface area (Å²) in [5, 5.41) is 2.68. The van der Waals surface area contributed by atoms with Crippen LogP contribution in [0, 0.1) is 6.92 Å². The highest BCUT2D eigenvalue weighted by Gasteiger charge is 2.25. The van der Waals surface area contributed by atoms with Crippen LogP contribution in [0.5, 0.6) is 0 Å². The highest BCUT2D eigenvalue weighted by atomic mass is 32.2. The zero-order chi connectivity index (χ0) is 22.6. The molecule has 1 aromatic heterocycles. The van der Waals surface area contributed by atoms with E-state index in [1.807, 2.05) is 13.8 Å². The lowest BCUT2D eigenvalue weighted by Gasteiger charge is -2.30. The van der Waals surface area contributed by atoms with E-state index in [1.54, 1.807) is 35.4 Å². The number of nitrogens with one attached hydrogen (secondary N) is 2. The summed E-state index contributed by atoms with van der Waals surface area (Å²) in [6, 6.07) is 6.81. The van der Waals surface area contributed by atoms with Gasteiger partial charge < -0.3 is 10.2 Å². The number of rotatable bonds is 7. The van der Waals surface area contributed by atoms with Gasteiger partial charge in [-0.15, -0.1) is 0 Å². The number of hydrogen-bond donors (Lipinski definition) is 2. The molecule has 1 aliphatic heterocycles. The maximum Gasteiger partial charge on any atom is 0.254 e. The molecule has 0 radical (unpaired) electrons. The molecule has 0 aliphatic carbocycles. The second-order valence-electron chi connectivity index (χ2n) is 7.70. The van der Waals surface area contributed by atoms with Crippen molar-refractivity contribution < 1.29 is 18.0 Å². The van der Waals surface area contributed by atoms with E-state index in [0.29, 0.717) is 37.2 Å². The predicted molar refractivity (Wildman–Crippen MR) is 119 cm³/mol. The van der Waals surface area contributed by atoms with Crippen molar-refractivity contribution in [2.24, 2.45) is 0 Å². The topological polar surface area (TPSA) is 108 Å². The van der Waals surface area contributed by atoms with Gasteiger partial charge in [-0.1, -0.05) is 6.92 Å². The molecule has 1 aromatic carbocycles. The van der Waals surface area contributed by atoms with Gasteiger partial charge in [0.2, 0.25) is 15.9 Å². The van der Waals surface area contributed by atoms with Gasteiger partial charge in [0.25, 0.3) is 5.91 Å². The normalized spacial score (nSPS) is 13.6. The molecule has 3 rings (SSSR count). The number of hydrogen-bond acceptors (Lipinski definition) is 5. The van der Waals surface area contributed by atoms with E-state index < -0.39 is 10.0 Å². The van der Waals surface area contributed by atoms with E-state index in [0.717, 1.165) is 22.4 Å². The molecular weight excluding hydrogens is 416 g/mol. The molecule has 0 bridgehead atoms. The number of fused-ring (bicyclic) bond motifs is 1. The lowest BCUT2D eigenvalue weighted by molar-refractivity contribution is -0.114. The third-order valence-corrected chi connectivity index (χ3v) is 6.81. The molecule has 2 amide bonds. The largest absolute Gasteiger partial charge is 0.334 e. The Morgan fingerprint density at radius 2 is 1.90 bits per heavy atom. The van der Waals surface area contributed by atoms with Crippen LogP contribution >= 0.6 is 0 Å². The standard InChI is InChI=1S/C22H28N4O4S/c1-4-11-31(29,30)24-13-21-15(2)23-12-18-14-26(10-9-20(18)21)22(28)17-5-7-19(8-6-17)25-16(3)27/h5-8,12,24H,4,9-11,13-14H2,1-3H3,(H,25,27). The zero-order valence-electron chi connectivity index (χ0n) is 18.1. The van der Waals surface area contributed by atoms with Crippen LogP contribution in [0.2, 0.25) is 0 Å². The van der Waals surface area contributed by atoms with Gasteiger partial charge in [-0.25, -0.2) is 13.1 Å². The minimum atomic E-state index is -3.31. The van der Waals surface area contributed by atoms with Gasteiger partial charge in [0.05, 0.1) is 5.75 Å². The molecule has 8 nitrogen and oxygen atoms in total. The summed E-state index contributed by atoms with van der Waals surface area (Å²) < 4.78 is 26.8. The first-order valence-corrected chi connectivity index (χ1v) is 12.0. The van der Waals surface area contributed by atoms with Crippen LogP contribution in [0.25, 0.3) is 0 Å². The molecule has 0 fully saturated rings. The van der Waals surface area contributed by atoms with E-state index in [9.17, 15) is 18.0 Å². The summed E-state index contributed by atoms with van der Waals surface area (Å²) in [5.74, 6) is -0.162. The maximum atomic E-state index is 13.0. The van der Waals surface area contributed by atoms with Crippen molar-refractivity contribution in [2.75, 3.05) is 17.6 Å². The first-order chi connectivity index (χ1) is 14.7. The van der Waals surface area contributed by atoms with Crippen molar-refractivity contribution in [1.82, 2.24) is 14.6 Å². The number of aromatic nitrogens is 1. The molecule has 0 unspecified atom stereocenters. The van der Waals surface area contributed by atoms with Crippen molar-refractivity contribution in [3.05, 3.63) is 58.4 Å². The lowest BCUT2D eigenvalue weighted by atomic mass is 9.94. The van der Waals surface area contributed by atoms with Gasteiger partial charge in [0, 0.05) is 49.7 Å². The highest BCUT2D eigenvalue weighted by molar-refractivity contribution is 7.89. The van der Waals surface area contributed by atoms with Crippen LogP contribution in [0.15, 0.2) is 30.5 Å². The van der Waals surface area contributed by atoms with Crippen molar-refractivity contribution in [3.8, 4) is 0 Å². The molecule has 0 atom stereocenters. The fraction of sp³-hybridized carbons (Fsp3) is 0.409. The number of aryl methyl sites for hydroxylation is 1. The van der Waals surface area contributed by atoms with E-state index >= 15 is 0 Å². The fourth-order valence-electron chi connectivity index (χ4n) is 3.73. The van der Waals surface area contributed by atoms with E-state index in [1.165, 1.54) is 6.92 Å². The molecule has 9 heteroatoms. The summed E-state index contributed by atoms with van der Waals surface area (Å²) >= 11 is 0. The molecule has 2 N–H and O–H groups in total. The van der Waals surface area contributed by atoms with Gasteiger partial charge in [0.1, 0.15) is 0 Å². The van der Waals surface area contributed by atoms with Crippen LogP contribution in [0.4, 0.5) is 5.69 Å². The smallest absolute Gasteiger partial charge is 0.254 e. The molecule has 166 valence electrons. The van der Waals surface area contributed by atoms with Gasteiger partial charge in [0.15, 0.2) is 0 Å². The van der Waals surface area contributed by atoms with Crippen LogP contribution in [-0.4, -0.2) is 42.4 Å². The molecule has 2 aromatic rings. The Bertz CT molecular complexity index is 1080. The average molecular weight is 445 g/mol. The SMILES string of the molecule is CCCS(=O)(=O)NCc1c(C)ncc2c1CCN(C(=O)c1ccc(NC(C)=O)cc1)C2. The molecule has 0 saturated carbocycles. The predicted octanol–water partition coefficient (Wildman–Crippen LogP) is 2.38. The third-order valence-electron chi connectivity index (χ3n) is 5.28. The van der Waals surface area contributed by atoms with E-state index in [-0.39, 0.29) is 24.1 Å². The zero-order valence-corrected chi connectivity index (χ0v) is 18.9. The summed E-state index contributed by atoms with van der Waals surface area (Å²) in [4.78, 5) is 30.3. The Morgan fingerprint density at radius 1 is 1.19 bits per heavy atom. The van der Waals surface area contributed by atoms with Crippen molar-refractivity contribution in [2.45, 2.75) is 46.7 Å². The van der Waals surface area contributed by atoms with E-state index in [4.69, 9.17) is 0 Å². The van der Waals surface area contributed by atoms with Crippen LogP contribution in [-0.2, 0) is 34.3 Å². The number of pyridine rings is 1. The first-order valence-electron chi connectivity index (χ1n) is 10.3. The Hall–Kier alpha value is -2.78. The number of carbonyl (C=O) groups excluding carboxylic acids is 2. The van der Waals surface area contributed by atoms with Crippen molar-refractivity contribution in [1.29, 1.82) is 0 Å². The van der Waals surface area contributed by atoms with Gasteiger partial charge >= 0.3 is 0 Å². The summed E-state index contributed by atoms with van der Waals surface area (Å²) in [5.41, 5.74) is 4.88. The average Bonchev–Trinajstić information content (AvgIpc) is 2.72. The molecule has 1 aliphatic rings. The summed E-state index contributed by atoms with van der Waals surface area (Å²) in [7, 11) is -3.31. The Kier molecular flexibility index (Phi) is 7.07. The minimum Gasteiger partial charge on any atom is -0.334 e. The van der Waals surface area contributed by atoms with Crippen LogP contribution in [0.1, 0.15) is 53.0 Å².